The standard InChI is InChI=1S/C36H39Cl2N3O4S/c1-25(2)28-16-19-31(20-17-28)41(46(44,45)32-13-9-6-10-14-32)24-35(42)40(23-29-15-18-30(37)22-33(29)38)34(36(43)39-26(3)4)21-27-11-7-5-8-12-27/h5-20,22,25-26,34H,21,23-24H2,1-4H3,(H,39,43)/t34-/m0/s1. The van der Waals surface area contributed by atoms with Crippen LogP contribution >= 0.6 is 23.2 Å². The van der Waals surface area contributed by atoms with Crippen molar-refractivity contribution in [2.45, 2.75) is 63.6 Å². The van der Waals surface area contributed by atoms with Gasteiger partial charge in [-0.2, -0.15) is 0 Å². The van der Waals surface area contributed by atoms with Crippen molar-refractivity contribution in [3.63, 3.8) is 0 Å². The minimum atomic E-state index is -4.18. The predicted octanol–water partition coefficient (Wildman–Crippen LogP) is 7.48. The summed E-state index contributed by atoms with van der Waals surface area (Å²) < 4.78 is 29.4. The van der Waals surface area contributed by atoms with E-state index in [1.54, 1.807) is 48.5 Å². The zero-order valence-corrected chi connectivity index (χ0v) is 28.7. The van der Waals surface area contributed by atoms with Gasteiger partial charge in [0.25, 0.3) is 10.0 Å². The van der Waals surface area contributed by atoms with Gasteiger partial charge in [-0.1, -0.05) is 104 Å². The number of halogens is 2. The Bertz CT molecular complexity index is 1730. The smallest absolute Gasteiger partial charge is 0.264 e. The second-order valence-corrected chi connectivity index (χ2v) is 14.4. The molecule has 0 saturated heterocycles. The first-order valence-electron chi connectivity index (χ1n) is 15.1. The molecule has 46 heavy (non-hydrogen) atoms. The summed E-state index contributed by atoms with van der Waals surface area (Å²) in [4.78, 5) is 29.8. The number of benzene rings is 4. The molecule has 10 heteroatoms. The Morgan fingerprint density at radius 3 is 1.98 bits per heavy atom. The van der Waals surface area contributed by atoms with Gasteiger partial charge < -0.3 is 10.2 Å². The predicted molar refractivity (Wildman–Crippen MR) is 186 cm³/mol. The van der Waals surface area contributed by atoms with Gasteiger partial charge in [0.1, 0.15) is 12.6 Å². The van der Waals surface area contributed by atoms with Gasteiger partial charge in [0.05, 0.1) is 10.6 Å². The second-order valence-electron chi connectivity index (χ2n) is 11.7. The molecule has 0 aliphatic carbocycles. The van der Waals surface area contributed by atoms with Gasteiger partial charge in [0.15, 0.2) is 0 Å². The van der Waals surface area contributed by atoms with E-state index in [2.05, 4.69) is 5.32 Å². The average Bonchev–Trinajstić information content (AvgIpc) is 3.03. The Balaban J connectivity index is 1.82. The molecule has 2 amide bonds. The van der Waals surface area contributed by atoms with Gasteiger partial charge in [-0.3, -0.25) is 13.9 Å². The molecule has 0 radical (unpaired) electrons. The summed E-state index contributed by atoms with van der Waals surface area (Å²) in [5.74, 6) is -0.706. The summed E-state index contributed by atoms with van der Waals surface area (Å²) in [6.45, 7) is 7.17. The number of carbonyl (C=O) groups excluding carboxylic acids is 2. The molecule has 7 nitrogen and oxygen atoms in total. The van der Waals surface area contributed by atoms with Gasteiger partial charge in [-0.15, -0.1) is 0 Å². The van der Waals surface area contributed by atoms with Gasteiger partial charge in [-0.25, -0.2) is 8.42 Å². The largest absolute Gasteiger partial charge is 0.352 e. The summed E-state index contributed by atoms with van der Waals surface area (Å²) in [7, 11) is -4.18. The lowest BCUT2D eigenvalue weighted by Gasteiger charge is -2.34. The van der Waals surface area contributed by atoms with Gasteiger partial charge in [0.2, 0.25) is 11.8 Å². The van der Waals surface area contributed by atoms with Crippen molar-refractivity contribution in [2.24, 2.45) is 0 Å². The second kappa shape index (κ2) is 15.6. The molecule has 0 unspecified atom stereocenters. The lowest BCUT2D eigenvalue weighted by molar-refractivity contribution is -0.140. The fraction of sp³-hybridized carbons (Fsp3) is 0.278. The molecule has 0 aliphatic rings. The average molecular weight is 681 g/mol. The Morgan fingerprint density at radius 2 is 1.41 bits per heavy atom. The zero-order chi connectivity index (χ0) is 33.4. The Labute approximate surface area is 282 Å². The molecule has 0 bridgehead atoms. The van der Waals surface area contributed by atoms with E-state index < -0.39 is 28.5 Å². The van der Waals surface area contributed by atoms with Crippen molar-refractivity contribution in [3.8, 4) is 0 Å². The number of nitrogens with one attached hydrogen (secondary N) is 1. The first-order valence-corrected chi connectivity index (χ1v) is 17.3. The van der Waals surface area contributed by atoms with Crippen LogP contribution in [0.3, 0.4) is 0 Å². The van der Waals surface area contributed by atoms with Crippen LogP contribution in [0.4, 0.5) is 5.69 Å². The number of rotatable bonds is 13. The number of anilines is 1. The summed E-state index contributed by atoms with van der Waals surface area (Å²) >= 11 is 12.7. The molecule has 0 spiro atoms. The third-order valence-electron chi connectivity index (χ3n) is 7.52. The quantitative estimate of drug-likeness (QED) is 0.159. The molecule has 4 aromatic carbocycles. The van der Waals surface area contributed by atoms with Crippen LogP contribution in [-0.4, -0.2) is 43.8 Å². The lowest BCUT2D eigenvalue weighted by atomic mass is 10.0. The van der Waals surface area contributed by atoms with E-state index in [0.717, 1.165) is 15.4 Å². The molecule has 242 valence electrons. The van der Waals surface area contributed by atoms with Crippen LogP contribution in [0, 0.1) is 0 Å². The number of hydrogen-bond acceptors (Lipinski definition) is 4. The van der Waals surface area contributed by atoms with Crippen molar-refractivity contribution < 1.29 is 18.0 Å². The molecule has 0 saturated carbocycles. The topological polar surface area (TPSA) is 86.8 Å². The maximum absolute atomic E-state index is 14.6. The van der Waals surface area contributed by atoms with E-state index >= 15 is 0 Å². The summed E-state index contributed by atoms with van der Waals surface area (Å²) in [6, 6.07) is 28.2. The third kappa shape index (κ3) is 8.90. The van der Waals surface area contributed by atoms with E-state index in [0.29, 0.717) is 21.3 Å². The number of nitrogens with zero attached hydrogens (tertiary/aromatic N) is 2. The van der Waals surface area contributed by atoms with Crippen LogP contribution in [0.25, 0.3) is 0 Å². The van der Waals surface area contributed by atoms with E-state index in [4.69, 9.17) is 23.2 Å². The number of carbonyl (C=O) groups is 2. The maximum atomic E-state index is 14.6. The molecular formula is C36H39Cl2N3O4S. The zero-order valence-electron chi connectivity index (χ0n) is 26.4. The van der Waals surface area contributed by atoms with Crippen molar-refractivity contribution >= 4 is 50.7 Å². The lowest BCUT2D eigenvalue weighted by Crippen LogP contribution is -2.54. The number of amides is 2. The number of sulfonamides is 1. The van der Waals surface area contributed by atoms with Crippen LogP contribution in [-0.2, 0) is 32.6 Å². The molecule has 0 aromatic heterocycles. The van der Waals surface area contributed by atoms with Crippen molar-refractivity contribution in [1.82, 2.24) is 10.2 Å². The van der Waals surface area contributed by atoms with Crippen LogP contribution in [0.5, 0.6) is 0 Å². The first-order chi connectivity index (χ1) is 21.9. The molecular weight excluding hydrogens is 641 g/mol. The SMILES string of the molecule is CC(C)NC(=O)[C@H](Cc1ccccc1)N(Cc1ccc(Cl)cc1Cl)C(=O)CN(c1ccc(C(C)C)cc1)S(=O)(=O)c1ccccc1. The molecule has 1 N–H and O–H groups in total. The van der Waals surface area contributed by atoms with Crippen molar-refractivity contribution in [2.75, 3.05) is 10.8 Å². The summed E-state index contributed by atoms with van der Waals surface area (Å²) in [5, 5.41) is 3.70. The Kier molecular flexibility index (Phi) is 11.9. The molecule has 1 atom stereocenters. The van der Waals surface area contributed by atoms with Crippen LogP contribution in [0.1, 0.15) is 50.3 Å². The summed E-state index contributed by atoms with van der Waals surface area (Å²) in [5.41, 5.74) is 2.76. The first kappa shape index (κ1) is 35.0. The molecule has 0 fully saturated rings. The van der Waals surface area contributed by atoms with Crippen LogP contribution in [0.15, 0.2) is 108 Å². The normalized spacial score (nSPS) is 12.2. The molecule has 4 aromatic rings. The summed E-state index contributed by atoms with van der Waals surface area (Å²) in [6.07, 6.45) is 0.199. The van der Waals surface area contributed by atoms with Crippen molar-refractivity contribution in [3.05, 3.63) is 130 Å². The third-order valence-corrected chi connectivity index (χ3v) is 9.89. The van der Waals surface area contributed by atoms with Gasteiger partial charge in [0, 0.05) is 29.1 Å². The Hall–Kier alpha value is -3.85. The van der Waals surface area contributed by atoms with E-state index in [1.807, 2.05) is 70.2 Å². The van der Waals surface area contributed by atoms with Crippen LogP contribution < -0.4 is 9.62 Å². The Morgan fingerprint density at radius 1 is 0.804 bits per heavy atom. The minimum absolute atomic E-state index is 0.0430. The fourth-order valence-corrected chi connectivity index (χ4v) is 6.95. The van der Waals surface area contributed by atoms with Crippen molar-refractivity contribution in [1.29, 1.82) is 0 Å². The molecule has 0 aliphatic heterocycles. The van der Waals surface area contributed by atoms with E-state index in [-0.39, 0.29) is 35.7 Å². The highest BCUT2D eigenvalue weighted by molar-refractivity contribution is 7.92. The van der Waals surface area contributed by atoms with E-state index in [1.165, 1.54) is 17.0 Å². The minimum Gasteiger partial charge on any atom is -0.352 e. The van der Waals surface area contributed by atoms with E-state index in [9.17, 15) is 18.0 Å². The van der Waals surface area contributed by atoms with Gasteiger partial charge in [-0.05, 0) is 72.9 Å². The highest BCUT2D eigenvalue weighted by atomic mass is 35.5. The van der Waals surface area contributed by atoms with Crippen LogP contribution in [0.2, 0.25) is 10.0 Å². The van der Waals surface area contributed by atoms with Gasteiger partial charge >= 0.3 is 0 Å². The monoisotopic (exact) mass is 679 g/mol. The highest BCUT2D eigenvalue weighted by Crippen LogP contribution is 2.28. The molecule has 4 rings (SSSR count). The highest BCUT2D eigenvalue weighted by Gasteiger charge is 2.35. The fourth-order valence-electron chi connectivity index (χ4n) is 5.04. The number of hydrogen-bond donors (Lipinski definition) is 1. The molecule has 0 heterocycles. The maximum Gasteiger partial charge on any atom is 0.264 e.